The van der Waals surface area contributed by atoms with Gasteiger partial charge in [-0.1, -0.05) is 0 Å². The van der Waals surface area contributed by atoms with Crippen molar-refractivity contribution in [3.63, 3.8) is 0 Å². The summed E-state index contributed by atoms with van der Waals surface area (Å²) in [4.78, 5) is 3.62. The molecule has 0 fully saturated rings. The lowest BCUT2D eigenvalue weighted by Crippen LogP contribution is -1.86. The zero-order valence-electron chi connectivity index (χ0n) is 7.61. The zero-order valence-corrected chi connectivity index (χ0v) is 7.61. The maximum absolute atomic E-state index is 13.4. The van der Waals surface area contributed by atoms with Crippen LogP contribution in [0.1, 0.15) is 0 Å². The van der Waals surface area contributed by atoms with Gasteiger partial charge in [0, 0.05) is 23.4 Å². The van der Waals surface area contributed by atoms with E-state index in [1.807, 2.05) is 0 Å². The number of rotatable bonds is 1. The first-order valence-corrected chi connectivity index (χ1v) is 4.26. The van der Waals surface area contributed by atoms with Crippen molar-refractivity contribution in [1.29, 1.82) is 0 Å². The third-order valence-electron chi connectivity index (χ3n) is 1.97. The molecular weight excluding hydrogens is 200 g/mol. The van der Waals surface area contributed by atoms with Gasteiger partial charge < -0.3 is 5.11 Å². The molecule has 2 rings (SSSR count). The van der Waals surface area contributed by atoms with Crippen LogP contribution in [0.3, 0.4) is 0 Å². The van der Waals surface area contributed by atoms with Crippen LogP contribution < -0.4 is 0 Å². The maximum Gasteiger partial charge on any atom is 0.142 e. The van der Waals surface area contributed by atoms with Gasteiger partial charge in [0.25, 0.3) is 0 Å². The van der Waals surface area contributed by atoms with E-state index in [4.69, 9.17) is 5.11 Å². The molecule has 0 spiro atoms. The number of phenolic OH excluding ortho intramolecular Hbond substituents is 1. The third-order valence-corrected chi connectivity index (χ3v) is 1.97. The van der Waals surface area contributed by atoms with E-state index in [0.717, 1.165) is 12.3 Å². The van der Waals surface area contributed by atoms with Crippen molar-refractivity contribution in [3.8, 4) is 16.9 Å². The van der Waals surface area contributed by atoms with Crippen molar-refractivity contribution in [1.82, 2.24) is 4.98 Å². The zero-order chi connectivity index (χ0) is 10.8. The Hall–Kier alpha value is -1.97. The lowest BCUT2D eigenvalue weighted by molar-refractivity contribution is 0.469. The normalized spacial score (nSPS) is 10.3. The number of aromatic hydroxyl groups is 1. The lowest BCUT2D eigenvalue weighted by Gasteiger charge is -2.03. The molecule has 0 saturated carbocycles. The first kappa shape index (κ1) is 9.58. The van der Waals surface area contributed by atoms with Gasteiger partial charge in [-0.2, -0.15) is 0 Å². The van der Waals surface area contributed by atoms with Gasteiger partial charge in [-0.25, -0.2) is 8.78 Å². The number of phenols is 1. The Morgan fingerprint density at radius 1 is 1.07 bits per heavy atom. The Morgan fingerprint density at radius 3 is 2.53 bits per heavy atom. The molecule has 0 aliphatic carbocycles. The third kappa shape index (κ3) is 1.93. The molecule has 2 aromatic rings. The average Bonchev–Trinajstić information content (AvgIpc) is 2.17. The van der Waals surface area contributed by atoms with E-state index in [9.17, 15) is 8.78 Å². The SMILES string of the molecule is Oc1ccc(-c2cncc(F)c2)c(F)c1. The first-order chi connectivity index (χ1) is 7.16. The Balaban J connectivity index is 2.54. The highest BCUT2D eigenvalue weighted by Gasteiger charge is 2.06. The summed E-state index contributed by atoms with van der Waals surface area (Å²) in [5, 5.41) is 9.01. The molecule has 0 aliphatic rings. The fourth-order valence-corrected chi connectivity index (χ4v) is 1.30. The van der Waals surface area contributed by atoms with Gasteiger partial charge >= 0.3 is 0 Å². The largest absolute Gasteiger partial charge is 0.508 e. The smallest absolute Gasteiger partial charge is 0.142 e. The lowest BCUT2D eigenvalue weighted by atomic mass is 10.1. The summed E-state index contributed by atoms with van der Waals surface area (Å²) in [6, 6.07) is 4.87. The molecule has 76 valence electrons. The Labute approximate surface area is 84.8 Å². The molecule has 0 unspecified atom stereocenters. The highest BCUT2D eigenvalue weighted by Crippen LogP contribution is 2.25. The van der Waals surface area contributed by atoms with Crippen LogP contribution in [0.4, 0.5) is 8.78 Å². The molecule has 0 saturated heterocycles. The van der Waals surface area contributed by atoms with E-state index in [0.29, 0.717) is 5.56 Å². The van der Waals surface area contributed by atoms with Crippen LogP contribution in [0.2, 0.25) is 0 Å². The molecule has 0 radical (unpaired) electrons. The van der Waals surface area contributed by atoms with E-state index in [-0.39, 0.29) is 11.3 Å². The van der Waals surface area contributed by atoms with Gasteiger partial charge in [-0.15, -0.1) is 0 Å². The average molecular weight is 207 g/mol. The molecule has 0 amide bonds. The van der Waals surface area contributed by atoms with Crippen LogP contribution in [-0.2, 0) is 0 Å². The molecule has 0 aliphatic heterocycles. The molecule has 0 atom stereocenters. The van der Waals surface area contributed by atoms with Crippen molar-refractivity contribution in [2.24, 2.45) is 0 Å². The minimum absolute atomic E-state index is 0.166. The van der Waals surface area contributed by atoms with E-state index >= 15 is 0 Å². The summed E-state index contributed by atoms with van der Waals surface area (Å²) in [5.41, 5.74) is 0.548. The van der Waals surface area contributed by atoms with Crippen molar-refractivity contribution in [2.75, 3.05) is 0 Å². The van der Waals surface area contributed by atoms with Crippen LogP contribution in [0, 0.1) is 11.6 Å². The Morgan fingerprint density at radius 2 is 1.87 bits per heavy atom. The molecule has 1 aromatic carbocycles. The van der Waals surface area contributed by atoms with Crippen LogP contribution in [0.15, 0.2) is 36.7 Å². The van der Waals surface area contributed by atoms with Crippen molar-refractivity contribution in [3.05, 3.63) is 48.3 Å². The minimum Gasteiger partial charge on any atom is -0.508 e. The van der Waals surface area contributed by atoms with Gasteiger partial charge in [0.05, 0.1) is 6.20 Å². The molecule has 15 heavy (non-hydrogen) atoms. The monoisotopic (exact) mass is 207 g/mol. The quantitative estimate of drug-likeness (QED) is 0.779. The molecule has 1 heterocycles. The fraction of sp³-hybridized carbons (Fsp3) is 0. The molecule has 2 nitrogen and oxygen atoms in total. The Kier molecular flexibility index (Phi) is 2.33. The van der Waals surface area contributed by atoms with Crippen molar-refractivity contribution in [2.45, 2.75) is 0 Å². The van der Waals surface area contributed by atoms with Gasteiger partial charge in [-0.05, 0) is 18.2 Å². The predicted molar refractivity (Wildman–Crippen MR) is 51.3 cm³/mol. The molecule has 1 aromatic heterocycles. The second-order valence-corrected chi connectivity index (χ2v) is 3.06. The standard InChI is InChI=1S/C11H7F2NO/c12-8-3-7(5-14-6-8)10-2-1-9(15)4-11(10)13/h1-6,15H. The van der Waals surface area contributed by atoms with Crippen LogP contribution in [0.25, 0.3) is 11.1 Å². The topological polar surface area (TPSA) is 33.1 Å². The van der Waals surface area contributed by atoms with E-state index < -0.39 is 11.6 Å². The van der Waals surface area contributed by atoms with Crippen LogP contribution in [-0.4, -0.2) is 10.1 Å². The van der Waals surface area contributed by atoms with Gasteiger partial charge in [0.15, 0.2) is 0 Å². The highest BCUT2D eigenvalue weighted by molar-refractivity contribution is 5.63. The number of hydrogen-bond donors (Lipinski definition) is 1. The number of aromatic nitrogens is 1. The van der Waals surface area contributed by atoms with Crippen molar-refractivity contribution < 1.29 is 13.9 Å². The Bertz CT molecular complexity index is 500. The van der Waals surface area contributed by atoms with Gasteiger partial charge in [0.2, 0.25) is 0 Å². The number of halogens is 2. The highest BCUT2D eigenvalue weighted by atomic mass is 19.1. The van der Waals surface area contributed by atoms with Crippen molar-refractivity contribution >= 4 is 0 Å². The number of benzene rings is 1. The maximum atomic E-state index is 13.4. The molecule has 1 N–H and O–H groups in total. The van der Waals surface area contributed by atoms with E-state index in [1.54, 1.807) is 0 Å². The summed E-state index contributed by atoms with van der Waals surface area (Å²) in [7, 11) is 0. The summed E-state index contributed by atoms with van der Waals surface area (Å²) in [5.74, 6) is -1.30. The summed E-state index contributed by atoms with van der Waals surface area (Å²) in [6.45, 7) is 0. The van der Waals surface area contributed by atoms with Gasteiger partial charge in [-0.3, -0.25) is 4.98 Å². The van der Waals surface area contributed by atoms with Crippen LogP contribution >= 0.6 is 0 Å². The predicted octanol–water partition coefficient (Wildman–Crippen LogP) is 2.73. The van der Waals surface area contributed by atoms with Gasteiger partial charge in [0.1, 0.15) is 17.4 Å². The fourth-order valence-electron chi connectivity index (χ4n) is 1.30. The molecule has 0 bridgehead atoms. The summed E-state index contributed by atoms with van der Waals surface area (Å²) < 4.78 is 26.2. The first-order valence-electron chi connectivity index (χ1n) is 4.26. The number of pyridine rings is 1. The number of hydrogen-bond acceptors (Lipinski definition) is 2. The molecular formula is C11H7F2NO. The van der Waals surface area contributed by atoms with E-state index in [1.165, 1.54) is 24.4 Å². The summed E-state index contributed by atoms with van der Waals surface area (Å²) in [6.07, 6.45) is 2.40. The van der Waals surface area contributed by atoms with E-state index in [2.05, 4.69) is 4.98 Å². The second-order valence-electron chi connectivity index (χ2n) is 3.06. The van der Waals surface area contributed by atoms with Crippen LogP contribution in [0.5, 0.6) is 5.75 Å². The molecule has 4 heteroatoms. The number of nitrogens with zero attached hydrogens (tertiary/aromatic N) is 1. The summed E-state index contributed by atoms with van der Waals surface area (Å²) >= 11 is 0. The minimum atomic E-state index is -0.609. The second kappa shape index (κ2) is 3.65.